The Kier molecular flexibility index (Phi) is 1.54. The van der Waals surface area contributed by atoms with Crippen LogP contribution >= 0.6 is 0 Å². The van der Waals surface area contributed by atoms with Gasteiger partial charge >= 0.3 is 0 Å². The molecular formula is C11H12N2O. The van der Waals surface area contributed by atoms with E-state index in [-0.39, 0.29) is 5.91 Å². The predicted octanol–water partition coefficient (Wildman–Crippen LogP) is 1.93. The van der Waals surface area contributed by atoms with E-state index in [0.717, 1.165) is 18.7 Å². The summed E-state index contributed by atoms with van der Waals surface area (Å²) < 4.78 is 0. The smallest absolute Gasteiger partial charge is 0.224 e. The van der Waals surface area contributed by atoms with Crippen LogP contribution in [0.1, 0.15) is 24.3 Å². The first kappa shape index (κ1) is 7.85. The van der Waals surface area contributed by atoms with Gasteiger partial charge in [-0.3, -0.25) is 4.79 Å². The molecule has 0 radical (unpaired) electrons. The van der Waals surface area contributed by atoms with Gasteiger partial charge in [-0.05, 0) is 18.6 Å². The summed E-state index contributed by atoms with van der Waals surface area (Å²) >= 11 is 0. The monoisotopic (exact) mass is 188 g/mol. The molecule has 0 saturated heterocycles. The first-order valence-electron chi connectivity index (χ1n) is 5.01. The molecule has 2 aliphatic rings. The third-order valence-electron chi connectivity index (χ3n) is 3.05. The first-order valence-corrected chi connectivity index (χ1v) is 5.01. The number of hydrogen-bond acceptors (Lipinski definition) is 2. The zero-order valence-electron chi connectivity index (χ0n) is 7.84. The maximum Gasteiger partial charge on any atom is 0.224 e. The quantitative estimate of drug-likeness (QED) is 0.653. The molecule has 3 heteroatoms. The molecule has 1 amide bonds. The van der Waals surface area contributed by atoms with Crippen LogP contribution in [-0.4, -0.2) is 12.5 Å². The van der Waals surface area contributed by atoms with Gasteiger partial charge in [-0.25, -0.2) is 0 Å². The number of amides is 1. The van der Waals surface area contributed by atoms with Crippen LogP contribution < -0.4 is 10.6 Å². The van der Waals surface area contributed by atoms with Gasteiger partial charge in [-0.15, -0.1) is 0 Å². The number of nitrogens with one attached hydrogen (secondary N) is 2. The van der Waals surface area contributed by atoms with Gasteiger partial charge in [0.25, 0.3) is 0 Å². The highest BCUT2D eigenvalue weighted by Crippen LogP contribution is 2.41. The van der Waals surface area contributed by atoms with E-state index < -0.39 is 0 Å². The molecule has 3 nitrogen and oxygen atoms in total. The normalized spacial score (nSPS) is 23.4. The summed E-state index contributed by atoms with van der Waals surface area (Å²) in [6.45, 7) is 0.974. The summed E-state index contributed by atoms with van der Waals surface area (Å²) in [5.74, 6) is 0.660. The minimum absolute atomic E-state index is 0.146. The molecule has 0 aromatic heterocycles. The van der Waals surface area contributed by atoms with Crippen molar-refractivity contribution in [3.63, 3.8) is 0 Å². The van der Waals surface area contributed by atoms with Gasteiger partial charge in [0.05, 0.1) is 0 Å². The van der Waals surface area contributed by atoms with E-state index in [2.05, 4.69) is 16.7 Å². The molecule has 1 atom stereocenters. The van der Waals surface area contributed by atoms with E-state index >= 15 is 0 Å². The van der Waals surface area contributed by atoms with Crippen LogP contribution in [0.2, 0.25) is 0 Å². The van der Waals surface area contributed by atoms with E-state index in [9.17, 15) is 4.79 Å². The molecule has 72 valence electrons. The van der Waals surface area contributed by atoms with Crippen molar-refractivity contribution in [2.45, 2.75) is 18.8 Å². The van der Waals surface area contributed by atoms with Gasteiger partial charge < -0.3 is 10.6 Å². The van der Waals surface area contributed by atoms with Crippen molar-refractivity contribution in [3.8, 4) is 0 Å². The molecule has 2 aliphatic heterocycles. The van der Waals surface area contributed by atoms with E-state index in [1.165, 1.54) is 11.3 Å². The van der Waals surface area contributed by atoms with E-state index in [1.54, 1.807) is 0 Å². The number of hydrogen-bond donors (Lipinski definition) is 2. The Bertz CT molecular complexity index is 400. The zero-order chi connectivity index (χ0) is 9.54. The SMILES string of the molecule is O=C1CCC2CNc3cccc(c32)N1. The Labute approximate surface area is 82.5 Å². The fourth-order valence-electron chi connectivity index (χ4n) is 2.37. The summed E-state index contributed by atoms with van der Waals surface area (Å²) in [6.07, 6.45) is 1.60. The van der Waals surface area contributed by atoms with Gasteiger partial charge in [0, 0.05) is 35.8 Å². The molecule has 3 rings (SSSR count). The van der Waals surface area contributed by atoms with E-state index in [0.29, 0.717) is 12.3 Å². The number of benzene rings is 1. The second kappa shape index (κ2) is 2.74. The molecule has 0 saturated carbocycles. The highest BCUT2D eigenvalue weighted by atomic mass is 16.1. The summed E-state index contributed by atoms with van der Waals surface area (Å²) in [7, 11) is 0. The lowest BCUT2D eigenvalue weighted by Crippen LogP contribution is -2.09. The third-order valence-corrected chi connectivity index (χ3v) is 3.05. The fraction of sp³-hybridized carbons (Fsp3) is 0.364. The lowest BCUT2D eigenvalue weighted by molar-refractivity contribution is -0.116. The van der Waals surface area contributed by atoms with Crippen molar-refractivity contribution in [1.29, 1.82) is 0 Å². The number of anilines is 2. The fourth-order valence-corrected chi connectivity index (χ4v) is 2.37. The molecule has 1 unspecified atom stereocenters. The van der Waals surface area contributed by atoms with Crippen molar-refractivity contribution in [2.75, 3.05) is 17.2 Å². The first-order chi connectivity index (χ1) is 6.84. The van der Waals surface area contributed by atoms with Crippen molar-refractivity contribution in [3.05, 3.63) is 23.8 Å². The Hall–Kier alpha value is -1.51. The third kappa shape index (κ3) is 1.02. The second-order valence-corrected chi connectivity index (χ2v) is 3.93. The minimum Gasteiger partial charge on any atom is -0.384 e. The average Bonchev–Trinajstić information content (AvgIpc) is 2.51. The lowest BCUT2D eigenvalue weighted by atomic mass is 9.96. The van der Waals surface area contributed by atoms with Crippen molar-refractivity contribution < 1.29 is 4.79 Å². The van der Waals surface area contributed by atoms with Crippen LogP contribution in [0.3, 0.4) is 0 Å². The van der Waals surface area contributed by atoms with Crippen LogP contribution in [-0.2, 0) is 4.79 Å². The predicted molar refractivity (Wildman–Crippen MR) is 55.5 cm³/mol. The molecule has 1 aromatic rings. The molecule has 2 N–H and O–H groups in total. The van der Waals surface area contributed by atoms with Gasteiger partial charge in [-0.1, -0.05) is 6.07 Å². The van der Waals surface area contributed by atoms with Crippen molar-refractivity contribution in [1.82, 2.24) is 0 Å². The summed E-state index contributed by atoms with van der Waals surface area (Å²) in [5.41, 5.74) is 3.49. The number of rotatable bonds is 0. The van der Waals surface area contributed by atoms with Crippen LogP contribution in [0.25, 0.3) is 0 Å². The minimum atomic E-state index is 0.146. The Morgan fingerprint density at radius 1 is 1.29 bits per heavy atom. The second-order valence-electron chi connectivity index (χ2n) is 3.93. The molecule has 2 heterocycles. The maximum atomic E-state index is 11.4. The van der Waals surface area contributed by atoms with Crippen molar-refractivity contribution in [2.24, 2.45) is 0 Å². The maximum absolute atomic E-state index is 11.4. The van der Waals surface area contributed by atoms with Crippen LogP contribution in [0.4, 0.5) is 11.4 Å². The van der Waals surface area contributed by atoms with Gasteiger partial charge in [0.15, 0.2) is 0 Å². The Morgan fingerprint density at radius 3 is 3.07 bits per heavy atom. The Morgan fingerprint density at radius 2 is 2.14 bits per heavy atom. The average molecular weight is 188 g/mol. The summed E-state index contributed by atoms with van der Waals surface area (Å²) in [5, 5.41) is 6.33. The van der Waals surface area contributed by atoms with Crippen molar-refractivity contribution >= 4 is 17.3 Å². The largest absolute Gasteiger partial charge is 0.384 e. The molecule has 1 aromatic carbocycles. The molecule has 0 fully saturated rings. The zero-order valence-corrected chi connectivity index (χ0v) is 7.84. The number of carbonyl (C=O) groups is 1. The number of carbonyl (C=O) groups excluding carboxylic acids is 1. The highest BCUT2D eigenvalue weighted by molar-refractivity contribution is 5.94. The molecule has 0 spiro atoms. The van der Waals surface area contributed by atoms with E-state index in [4.69, 9.17) is 0 Å². The standard InChI is InChI=1S/C11H12N2O/c14-10-5-4-7-6-12-8-2-1-3-9(13-10)11(7)8/h1-3,7,12H,4-6H2,(H,13,14). The van der Waals surface area contributed by atoms with Crippen LogP contribution in [0, 0.1) is 0 Å². The molecule has 14 heavy (non-hydrogen) atoms. The van der Waals surface area contributed by atoms with Crippen LogP contribution in [0.15, 0.2) is 18.2 Å². The molecule has 0 aliphatic carbocycles. The summed E-state index contributed by atoms with van der Waals surface area (Å²) in [4.78, 5) is 11.4. The van der Waals surface area contributed by atoms with Gasteiger partial charge in [-0.2, -0.15) is 0 Å². The molecular weight excluding hydrogens is 176 g/mol. The lowest BCUT2D eigenvalue weighted by Gasteiger charge is -2.08. The summed E-state index contributed by atoms with van der Waals surface area (Å²) in [6, 6.07) is 6.05. The highest BCUT2D eigenvalue weighted by Gasteiger charge is 2.28. The van der Waals surface area contributed by atoms with Gasteiger partial charge in [0.2, 0.25) is 5.91 Å². The van der Waals surface area contributed by atoms with E-state index in [1.807, 2.05) is 12.1 Å². The topological polar surface area (TPSA) is 41.1 Å². The Balaban J connectivity index is 2.16. The van der Waals surface area contributed by atoms with Crippen LogP contribution in [0.5, 0.6) is 0 Å². The molecule has 0 bridgehead atoms. The van der Waals surface area contributed by atoms with Gasteiger partial charge in [0.1, 0.15) is 0 Å².